The Hall–Kier alpha value is -1.60. The van der Waals surface area contributed by atoms with Gasteiger partial charge >= 0.3 is 6.03 Å². The van der Waals surface area contributed by atoms with E-state index in [0.717, 1.165) is 13.1 Å². The van der Waals surface area contributed by atoms with Gasteiger partial charge in [-0.15, -0.1) is 0 Å². The number of urea groups is 1. The lowest BCUT2D eigenvalue weighted by Gasteiger charge is -2.26. The van der Waals surface area contributed by atoms with E-state index in [1.807, 2.05) is 34.1 Å². The van der Waals surface area contributed by atoms with Gasteiger partial charge in [-0.2, -0.15) is 5.10 Å². The van der Waals surface area contributed by atoms with Crippen LogP contribution in [0.25, 0.3) is 0 Å². The number of aromatic nitrogens is 2. The molecule has 0 aliphatic carbocycles. The number of rotatable bonds is 8. The van der Waals surface area contributed by atoms with E-state index >= 15 is 0 Å². The van der Waals surface area contributed by atoms with Crippen LogP contribution in [0.2, 0.25) is 0 Å². The molecule has 1 aromatic heterocycles. The van der Waals surface area contributed by atoms with E-state index in [1.165, 1.54) is 0 Å². The van der Waals surface area contributed by atoms with E-state index in [2.05, 4.69) is 20.6 Å². The SMILES string of the molecule is CC(O)CC(C)(C)CNC(=O)Nc1ccn(CCN(C)C)n1. The lowest BCUT2D eigenvalue weighted by molar-refractivity contribution is 0.129. The highest BCUT2D eigenvalue weighted by atomic mass is 16.3. The third-order valence-corrected chi connectivity index (χ3v) is 3.23. The fourth-order valence-electron chi connectivity index (χ4n) is 2.21. The second kappa shape index (κ2) is 8.14. The second-order valence-corrected chi connectivity index (χ2v) is 6.79. The summed E-state index contributed by atoms with van der Waals surface area (Å²) in [5.74, 6) is 0.532. The van der Waals surface area contributed by atoms with Gasteiger partial charge in [0.15, 0.2) is 5.82 Å². The number of aliphatic hydroxyl groups excluding tert-OH is 1. The first-order chi connectivity index (χ1) is 10.2. The van der Waals surface area contributed by atoms with Crippen molar-refractivity contribution in [3.05, 3.63) is 12.3 Å². The second-order valence-electron chi connectivity index (χ2n) is 6.79. The van der Waals surface area contributed by atoms with Crippen LogP contribution in [0.4, 0.5) is 10.6 Å². The largest absolute Gasteiger partial charge is 0.393 e. The Kier molecular flexibility index (Phi) is 6.83. The zero-order valence-electron chi connectivity index (χ0n) is 14.3. The maximum atomic E-state index is 11.9. The van der Waals surface area contributed by atoms with Gasteiger partial charge in [0.1, 0.15) is 0 Å². The van der Waals surface area contributed by atoms with Crippen LogP contribution in [0.3, 0.4) is 0 Å². The Bertz CT molecular complexity index is 468. The number of anilines is 1. The minimum Gasteiger partial charge on any atom is -0.393 e. The molecule has 0 saturated carbocycles. The number of likely N-dealkylation sites (N-methyl/N-ethyl adjacent to an activating group) is 1. The van der Waals surface area contributed by atoms with Crippen LogP contribution < -0.4 is 10.6 Å². The van der Waals surface area contributed by atoms with Crippen LogP contribution in [-0.4, -0.2) is 59.1 Å². The predicted molar refractivity (Wildman–Crippen MR) is 87.9 cm³/mol. The zero-order valence-corrected chi connectivity index (χ0v) is 14.3. The molecule has 22 heavy (non-hydrogen) atoms. The summed E-state index contributed by atoms with van der Waals surface area (Å²) in [4.78, 5) is 14.0. The van der Waals surface area contributed by atoms with Crippen molar-refractivity contribution in [1.29, 1.82) is 0 Å². The molecular formula is C15H29N5O2. The van der Waals surface area contributed by atoms with Gasteiger partial charge in [0, 0.05) is 25.4 Å². The van der Waals surface area contributed by atoms with Gasteiger partial charge in [0.2, 0.25) is 0 Å². The number of carbonyl (C=O) groups excluding carboxylic acids is 1. The van der Waals surface area contributed by atoms with Crippen LogP contribution >= 0.6 is 0 Å². The van der Waals surface area contributed by atoms with Gasteiger partial charge in [-0.3, -0.25) is 10.00 Å². The van der Waals surface area contributed by atoms with Crippen molar-refractivity contribution in [2.24, 2.45) is 5.41 Å². The molecule has 0 aromatic carbocycles. The van der Waals surface area contributed by atoms with Gasteiger partial charge in [0.05, 0.1) is 12.6 Å². The Balaban J connectivity index is 2.39. The zero-order chi connectivity index (χ0) is 16.8. The summed E-state index contributed by atoms with van der Waals surface area (Å²) >= 11 is 0. The molecule has 0 saturated heterocycles. The lowest BCUT2D eigenvalue weighted by Crippen LogP contribution is -2.38. The molecule has 1 heterocycles. The monoisotopic (exact) mass is 311 g/mol. The summed E-state index contributed by atoms with van der Waals surface area (Å²) < 4.78 is 1.80. The average molecular weight is 311 g/mol. The van der Waals surface area contributed by atoms with E-state index in [0.29, 0.717) is 18.8 Å². The highest BCUT2D eigenvalue weighted by Crippen LogP contribution is 2.21. The van der Waals surface area contributed by atoms with Crippen molar-refractivity contribution in [3.8, 4) is 0 Å². The van der Waals surface area contributed by atoms with Gasteiger partial charge in [-0.1, -0.05) is 13.8 Å². The van der Waals surface area contributed by atoms with Crippen molar-refractivity contribution in [1.82, 2.24) is 20.0 Å². The quantitative estimate of drug-likeness (QED) is 0.677. The average Bonchev–Trinajstić information content (AvgIpc) is 2.80. The number of amides is 2. The number of carbonyl (C=O) groups is 1. The third-order valence-electron chi connectivity index (χ3n) is 3.23. The lowest BCUT2D eigenvalue weighted by atomic mass is 9.87. The molecule has 7 heteroatoms. The molecule has 7 nitrogen and oxygen atoms in total. The van der Waals surface area contributed by atoms with Crippen molar-refractivity contribution in [2.75, 3.05) is 32.5 Å². The summed E-state index contributed by atoms with van der Waals surface area (Å²) in [6, 6.07) is 1.49. The third kappa shape index (κ3) is 7.42. The molecule has 0 bridgehead atoms. The molecule has 1 aromatic rings. The molecular weight excluding hydrogens is 282 g/mol. The topological polar surface area (TPSA) is 82.4 Å². The maximum absolute atomic E-state index is 11.9. The van der Waals surface area contributed by atoms with Crippen LogP contribution in [0.15, 0.2) is 12.3 Å². The van der Waals surface area contributed by atoms with Gasteiger partial charge in [-0.05, 0) is 32.9 Å². The molecule has 0 radical (unpaired) electrons. The fraction of sp³-hybridized carbons (Fsp3) is 0.733. The van der Waals surface area contributed by atoms with Gasteiger partial charge in [-0.25, -0.2) is 4.79 Å². The summed E-state index contributed by atoms with van der Waals surface area (Å²) in [6.07, 6.45) is 2.09. The first kappa shape index (κ1) is 18.4. The summed E-state index contributed by atoms with van der Waals surface area (Å²) in [5, 5.41) is 19.3. The summed E-state index contributed by atoms with van der Waals surface area (Å²) in [6.45, 7) is 7.93. The number of nitrogens with zero attached hydrogens (tertiary/aromatic N) is 3. The molecule has 0 aliphatic rings. The number of nitrogens with one attached hydrogen (secondary N) is 2. The van der Waals surface area contributed by atoms with Crippen molar-refractivity contribution < 1.29 is 9.90 Å². The summed E-state index contributed by atoms with van der Waals surface area (Å²) in [7, 11) is 4.01. The Labute approximate surface area is 132 Å². The molecule has 2 amide bonds. The first-order valence-electron chi connectivity index (χ1n) is 7.59. The molecule has 1 atom stereocenters. The first-order valence-corrected chi connectivity index (χ1v) is 7.59. The van der Waals surface area contributed by atoms with Crippen LogP contribution in [-0.2, 0) is 6.54 Å². The molecule has 0 aliphatic heterocycles. The summed E-state index contributed by atoms with van der Waals surface area (Å²) in [5.41, 5.74) is -0.156. The van der Waals surface area contributed by atoms with Crippen molar-refractivity contribution >= 4 is 11.8 Å². The fourth-order valence-corrected chi connectivity index (χ4v) is 2.21. The van der Waals surface area contributed by atoms with Gasteiger partial charge < -0.3 is 15.3 Å². The number of hydrogen-bond acceptors (Lipinski definition) is 4. The van der Waals surface area contributed by atoms with E-state index in [-0.39, 0.29) is 17.6 Å². The Morgan fingerprint density at radius 2 is 2.18 bits per heavy atom. The molecule has 1 rings (SSSR count). The molecule has 1 unspecified atom stereocenters. The van der Waals surface area contributed by atoms with Crippen LogP contribution in [0.1, 0.15) is 27.2 Å². The Morgan fingerprint density at radius 3 is 2.77 bits per heavy atom. The van der Waals surface area contributed by atoms with E-state index < -0.39 is 0 Å². The highest BCUT2D eigenvalue weighted by molar-refractivity contribution is 5.88. The van der Waals surface area contributed by atoms with Crippen LogP contribution in [0.5, 0.6) is 0 Å². The minimum absolute atomic E-state index is 0.156. The Morgan fingerprint density at radius 1 is 1.50 bits per heavy atom. The van der Waals surface area contributed by atoms with Crippen molar-refractivity contribution in [2.45, 2.75) is 39.8 Å². The minimum atomic E-state index is -0.382. The van der Waals surface area contributed by atoms with Crippen LogP contribution in [0, 0.1) is 5.41 Å². The molecule has 0 spiro atoms. The molecule has 3 N–H and O–H groups in total. The molecule has 126 valence electrons. The van der Waals surface area contributed by atoms with Crippen molar-refractivity contribution in [3.63, 3.8) is 0 Å². The highest BCUT2D eigenvalue weighted by Gasteiger charge is 2.21. The smallest absolute Gasteiger partial charge is 0.320 e. The van der Waals surface area contributed by atoms with E-state index in [4.69, 9.17) is 0 Å². The van der Waals surface area contributed by atoms with E-state index in [9.17, 15) is 9.90 Å². The standard InChI is InChI=1S/C15H29N5O2/c1-12(21)10-15(2,3)11-16-14(22)17-13-6-7-20(18-13)9-8-19(4)5/h6-7,12,21H,8-11H2,1-5H3,(H2,16,17,18,22). The van der Waals surface area contributed by atoms with E-state index in [1.54, 1.807) is 17.7 Å². The number of hydrogen-bond donors (Lipinski definition) is 3. The maximum Gasteiger partial charge on any atom is 0.320 e. The van der Waals surface area contributed by atoms with Gasteiger partial charge in [0.25, 0.3) is 0 Å². The molecule has 0 fully saturated rings. The predicted octanol–water partition coefficient (Wildman–Crippen LogP) is 1.36. The number of aliphatic hydroxyl groups is 1. The normalized spacial score (nSPS) is 13.2.